The lowest BCUT2D eigenvalue weighted by Gasteiger charge is -2.29. The molecule has 0 radical (unpaired) electrons. The fraction of sp³-hybridized carbons (Fsp3) is 0.565. The second-order valence-corrected chi connectivity index (χ2v) is 8.94. The molecular weight excluding hydrogens is 400 g/mol. The number of rotatable bonds is 8. The van der Waals surface area contributed by atoms with Crippen LogP contribution in [0.25, 0.3) is 0 Å². The molecule has 0 saturated carbocycles. The summed E-state index contributed by atoms with van der Waals surface area (Å²) in [6.07, 6.45) is 2.33. The van der Waals surface area contributed by atoms with E-state index in [0.717, 1.165) is 24.0 Å². The summed E-state index contributed by atoms with van der Waals surface area (Å²) in [5, 5.41) is 2.31. The van der Waals surface area contributed by atoms with Crippen molar-refractivity contribution >= 4 is 23.7 Å². The summed E-state index contributed by atoms with van der Waals surface area (Å²) in [4.78, 5) is 49.5. The van der Waals surface area contributed by atoms with Gasteiger partial charge in [0.2, 0.25) is 11.8 Å². The SMILES string of the molecule is CC(C)(C)OC(=O)CCOCCCc1ccc2c(c1)C(=O)N(C1CCC(=O)NC1=O)C2. The van der Waals surface area contributed by atoms with Crippen LogP contribution in [0.1, 0.15) is 67.9 Å². The topological polar surface area (TPSA) is 102 Å². The third-order valence-corrected chi connectivity index (χ3v) is 5.22. The van der Waals surface area contributed by atoms with Gasteiger partial charge < -0.3 is 14.4 Å². The highest BCUT2D eigenvalue weighted by molar-refractivity contribution is 6.05. The monoisotopic (exact) mass is 430 g/mol. The van der Waals surface area contributed by atoms with E-state index in [0.29, 0.717) is 31.7 Å². The number of hydrogen-bond donors (Lipinski definition) is 1. The van der Waals surface area contributed by atoms with E-state index in [-0.39, 0.29) is 30.6 Å². The predicted octanol–water partition coefficient (Wildman–Crippen LogP) is 2.13. The molecule has 1 atom stereocenters. The van der Waals surface area contributed by atoms with Gasteiger partial charge in [-0.25, -0.2) is 0 Å². The predicted molar refractivity (Wildman–Crippen MR) is 112 cm³/mol. The largest absolute Gasteiger partial charge is 0.460 e. The average Bonchev–Trinajstić information content (AvgIpc) is 2.99. The van der Waals surface area contributed by atoms with Crippen LogP contribution < -0.4 is 5.32 Å². The number of carbonyl (C=O) groups is 4. The normalized spacial score (nSPS) is 18.7. The Labute approximate surface area is 182 Å². The third-order valence-electron chi connectivity index (χ3n) is 5.22. The van der Waals surface area contributed by atoms with Gasteiger partial charge in [-0.2, -0.15) is 0 Å². The minimum Gasteiger partial charge on any atom is -0.460 e. The van der Waals surface area contributed by atoms with Crippen LogP contribution in [0.15, 0.2) is 18.2 Å². The highest BCUT2D eigenvalue weighted by atomic mass is 16.6. The number of hydrogen-bond acceptors (Lipinski definition) is 6. The van der Waals surface area contributed by atoms with Gasteiger partial charge in [-0.15, -0.1) is 0 Å². The highest BCUT2D eigenvalue weighted by Crippen LogP contribution is 2.28. The maximum Gasteiger partial charge on any atom is 0.308 e. The van der Waals surface area contributed by atoms with Crippen LogP contribution >= 0.6 is 0 Å². The molecule has 1 aromatic rings. The Hall–Kier alpha value is -2.74. The van der Waals surface area contributed by atoms with E-state index in [1.165, 1.54) is 0 Å². The quantitative estimate of drug-likeness (QED) is 0.385. The molecule has 1 fully saturated rings. The molecule has 0 bridgehead atoms. The molecule has 1 saturated heterocycles. The molecule has 2 aliphatic rings. The summed E-state index contributed by atoms with van der Waals surface area (Å²) >= 11 is 0. The van der Waals surface area contributed by atoms with Crippen molar-refractivity contribution in [3.8, 4) is 0 Å². The molecule has 168 valence electrons. The third kappa shape index (κ3) is 6.13. The molecule has 1 N–H and O–H groups in total. The average molecular weight is 431 g/mol. The van der Waals surface area contributed by atoms with Gasteiger partial charge in [0, 0.05) is 25.1 Å². The number of aryl methyl sites for hydroxylation is 1. The van der Waals surface area contributed by atoms with Gasteiger partial charge in [0.05, 0.1) is 13.0 Å². The van der Waals surface area contributed by atoms with E-state index in [1.54, 1.807) is 4.90 Å². The van der Waals surface area contributed by atoms with Crippen molar-refractivity contribution in [3.63, 3.8) is 0 Å². The standard InChI is InChI=1S/C23H30N2O6/c1-23(2,3)31-20(27)10-12-30-11-4-5-15-6-7-16-14-25(22(29)17(16)13-15)18-8-9-19(26)24-21(18)28/h6-7,13,18H,4-5,8-12,14H2,1-3H3,(H,24,26,28). The molecule has 0 aliphatic carbocycles. The molecular formula is C23H30N2O6. The van der Waals surface area contributed by atoms with E-state index in [4.69, 9.17) is 9.47 Å². The van der Waals surface area contributed by atoms with Gasteiger partial charge in [0.1, 0.15) is 11.6 Å². The van der Waals surface area contributed by atoms with Crippen LogP contribution in [0.5, 0.6) is 0 Å². The first kappa shape index (κ1) is 22.9. The minimum absolute atomic E-state index is 0.167. The lowest BCUT2D eigenvalue weighted by atomic mass is 10.0. The lowest BCUT2D eigenvalue weighted by molar-refractivity contribution is -0.156. The molecule has 8 nitrogen and oxygen atoms in total. The molecule has 2 heterocycles. The number of nitrogens with one attached hydrogen (secondary N) is 1. The molecule has 8 heteroatoms. The van der Waals surface area contributed by atoms with Crippen molar-refractivity contribution in [2.24, 2.45) is 0 Å². The van der Waals surface area contributed by atoms with Crippen LogP contribution in [-0.4, -0.2) is 53.4 Å². The van der Waals surface area contributed by atoms with E-state index in [2.05, 4.69) is 5.32 Å². The number of ether oxygens (including phenoxy) is 2. The van der Waals surface area contributed by atoms with Crippen molar-refractivity contribution in [2.75, 3.05) is 13.2 Å². The van der Waals surface area contributed by atoms with E-state index >= 15 is 0 Å². The first-order chi connectivity index (χ1) is 14.6. The van der Waals surface area contributed by atoms with Crippen LogP contribution in [0.3, 0.4) is 0 Å². The Bertz CT molecular complexity index is 873. The van der Waals surface area contributed by atoms with E-state index < -0.39 is 17.6 Å². The summed E-state index contributed by atoms with van der Waals surface area (Å²) in [5.41, 5.74) is 2.05. The number of imide groups is 1. The second-order valence-electron chi connectivity index (χ2n) is 8.94. The smallest absolute Gasteiger partial charge is 0.308 e. The van der Waals surface area contributed by atoms with Crippen LogP contribution in [-0.2, 0) is 36.8 Å². The number of nitrogens with zero attached hydrogens (tertiary/aromatic N) is 1. The maximum atomic E-state index is 12.8. The number of piperidine rings is 1. The maximum absolute atomic E-state index is 12.8. The van der Waals surface area contributed by atoms with Crippen LogP contribution in [0.4, 0.5) is 0 Å². The second kappa shape index (κ2) is 9.60. The van der Waals surface area contributed by atoms with E-state index in [9.17, 15) is 19.2 Å². The fourth-order valence-electron chi connectivity index (χ4n) is 3.79. The molecule has 2 aliphatic heterocycles. The molecule has 0 spiro atoms. The number of fused-ring (bicyclic) bond motifs is 1. The number of amides is 3. The van der Waals surface area contributed by atoms with Crippen molar-refractivity contribution in [2.45, 2.75) is 71.1 Å². The van der Waals surface area contributed by atoms with Crippen molar-refractivity contribution in [1.29, 1.82) is 0 Å². The summed E-state index contributed by atoms with van der Waals surface area (Å²) < 4.78 is 10.8. The van der Waals surface area contributed by atoms with Gasteiger partial charge in [0.25, 0.3) is 5.91 Å². The molecule has 3 rings (SSSR count). The zero-order valence-corrected chi connectivity index (χ0v) is 18.4. The molecule has 0 aromatic heterocycles. The number of benzene rings is 1. The number of esters is 1. The van der Waals surface area contributed by atoms with Gasteiger partial charge in [-0.05, 0) is 57.2 Å². The fourth-order valence-corrected chi connectivity index (χ4v) is 3.79. The van der Waals surface area contributed by atoms with Gasteiger partial charge in [0.15, 0.2) is 0 Å². The lowest BCUT2D eigenvalue weighted by Crippen LogP contribution is -2.52. The van der Waals surface area contributed by atoms with E-state index in [1.807, 2.05) is 39.0 Å². The van der Waals surface area contributed by atoms with Crippen molar-refractivity contribution < 1.29 is 28.7 Å². The first-order valence-electron chi connectivity index (χ1n) is 10.7. The van der Waals surface area contributed by atoms with Gasteiger partial charge in [-0.1, -0.05) is 12.1 Å². The summed E-state index contributed by atoms with van der Waals surface area (Å²) in [7, 11) is 0. The summed E-state index contributed by atoms with van der Waals surface area (Å²) in [6, 6.07) is 5.20. The summed E-state index contributed by atoms with van der Waals surface area (Å²) in [6.45, 7) is 6.70. The zero-order chi connectivity index (χ0) is 22.6. The number of carbonyl (C=O) groups excluding carboxylic acids is 4. The molecule has 31 heavy (non-hydrogen) atoms. The molecule has 3 amide bonds. The first-order valence-corrected chi connectivity index (χ1v) is 10.7. The Kier molecular flexibility index (Phi) is 7.10. The Morgan fingerprint density at radius 3 is 2.68 bits per heavy atom. The minimum atomic E-state index is -0.598. The Balaban J connectivity index is 1.44. The molecule has 1 aromatic carbocycles. The zero-order valence-electron chi connectivity index (χ0n) is 18.4. The Morgan fingerprint density at radius 1 is 1.19 bits per heavy atom. The highest BCUT2D eigenvalue weighted by Gasteiger charge is 2.39. The van der Waals surface area contributed by atoms with Gasteiger partial charge >= 0.3 is 5.97 Å². The van der Waals surface area contributed by atoms with Crippen LogP contribution in [0.2, 0.25) is 0 Å². The summed E-state index contributed by atoms with van der Waals surface area (Å²) in [5.74, 6) is -1.13. The Morgan fingerprint density at radius 2 is 1.97 bits per heavy atom. The van der Waals surface area contributed by atoms with Crippen LogP contribution in [0, 0.1) is 0 Å². The molecule has 1 unspecified atom stereocenters. The van der Waals surface area contributed by atoms with Crippen molar-refractivity contribution in [1.82, 2.24) is 10.2 Å². The van der Waals surface area contributed by atoms with Crippen molar-refractivity contribution in [3.05, 3.63) is 34.9 Å². The van der Waals surface area contributed by atoms with Gasteiger partial charge in [-0.3, -0.25) is 24.5 Å².